The maximum absolute atomic E-state index is 13.1. The number of aryl methyl sites for hydroxylation is 1. The first kappa shape index (κ1) is 10.1. The van der Waals surface area contributed by atoms with Crippen LogP contribution in [-0.2, 0) is 11.8 Å². The van der Waals surface area contributed by atoms with Gasteiger partial charge in [0.25, 0.3) is 5.56 Å². The lowest BCUT2D eigenvalue weighted by atomic mass is 10.3. The van der Waals surface area contributed by atoms with Crippen molar-refractivity contribution < 1.29 is 9.13 Å². The number of ether oxygens (including phenoxy) is 1. The van der Waals surface area contributed by atoms with Gasteiger partial charge in [-0.25, -0.2) is 9.36 Å². The number of halogens is 1. The predicted octanol–water partition coefficient (Wildman–Crippen LogP) is -0.00490. The van der Waals surface area contributed by atoms with Crippen molar-refractivity contribution in [1.29, 1.82) is 0 Å². The van der Waals surface area contributed by atoms with Gasteiger partial charge in [-0.3, -0.25) is 4.79 Å². The van der Waals surface area contributed by atoms with Crippen LogP contribution in [0.25, 0.3) is 0 Å². The van der Waals surface area contributed by atoms with Crippen LogP contribution in [0.5, 0.6) is 0 Å². The highest BCUT2D eigenvalue weighted by atomic mass is 19.1. The molecule has 1 saturated heterocycles. The van der Waals surface area contributed by atoms with E-state index in [4.69, 9.17) is 4.74 Å². The summed E-state index contributed by atoms with van der Waals surface area (Å²) < 4.78 is 20.2. The maximum Gasteiger partial charge on any atom is 0.333 e. The first-order chi connectivity index (χ1) is 7.11. The van der Waals surface area contributed by atoms with E-state index in [0.29, 0.717) is 13.0 Å². The van der Waals surface area contributed by atoms with Crippen LogP contribution in [0, 0.1) is 5.82 Å². The normalized spacial score (nSPS) is 20.8. The Balaban J connectivity index is 2.63. The molecular weight excluding hydrogens is 203 g/mol. The van der Waals surface area contributed by atoms with Gasteiger partial charge in [0, 0.05) is 19.9 Å². The fourth-order valence-electron chi connectivity index (χ4n) is 1.67. The number of hydrogen-bond donors (Lipinski definition) is 0. The van der Waals surface area contributed by atoms with E-state index < -0.39 is 23.3 Å². The Bertz CT molecular complexity index is 451. The topological polar surface area (TPSA) is 53.2 Å². The highest BCUT2D eigenvalue weighted by Crippen LogP contribution is 2.19. The van der Waals surface area contributed by atoms with Crippen LogP contribution < -0.4 is 11.2 Å². The lowest BCUT2D eigenvalue weighted by Gasteiger charge is -2.12. The average molecular weight is 214 g/mol. The number of hydrogen-bond acceptors (Lipinski definition) is 3. The summed E-state index contributed by atoms with van der Waals surface area (Å²) in [4.78, 5) is 23.0. The molecule has 1 fully saturated rings. The first-order valence-corrected chi connectivity index (χ1v) is 4.70. The zero-order chi connectivity index (χ0) is 11.0. The smallest absolute Gasteiger partial charge is 0.333 e. The van der Waals surface area contributed by atoms with Gasteiger partial charge in [-0.1, -0.05) is 0 Å². The SMILES string of the molecule is Cn1cc(F)c(=O)n(C2CCCO2)c1=O. The Morgan fingerprint density at radius 2 is 2.27 bits per heavy atom. The summed E-state index contributed by atoms with van der Waals surface area (Å²) in [6.07, 6.45) is 1.61. The summed E-state index contributed by atoms with van der Waals surface area (Å²) in [5.74, 6) is -0.937. The van der Waals surface area contributed by atoms with Gasteiger partial charge in [0.15, 0.2) is 0 Å². The van der Waals surface area contributed by atoms with E-state index >= 15 is 0 Å². The molecule has 0 radical (unpaired) electrons. The molecule has 1 aliphatic heterocycles. The van der Waals surface area contributed by atoms with E-state index in [1.165, 1.54) is 7.05 Å². The predicted molar refractivity (Wildman–Crippen MR) is 50.1 cm³/mol. The molecule has 0 aliphatic carbocycles. The standard InChI is InChI=1S/C9H11FN2O3/c1-11-5-6(10)8(13)12(9(11)14)7-3-2-4-15-7/h5,7H,2-4H2,1H3. The second-order valence-electron chi connectivity index (χ2n) is 3.51. The third kappa shape index (κ3) is 1.61. The van der Waals surface area contributed by atoms with Crippen LogP contribution in [0.15, 0.2) is 15.8 Å². The Hall–Kier alpha value is -1.43. The molecule has 0 amide bonds. The van der Waals surface area contributed by atoms with Gasteiger partial charge < -0.3 is 9.30 Å². The highest BCUT2D eigenvalue weighted by Gasteiger charge is 2.22. The largest absolute Gasteiger partial charge is 0.358 e. The van der Waals surface area contributed by atoms with Gasteiger partial charge in [-0.15, -0.1) is 0 Å². The van der Waals surface area contributed by atoms with Gasteiger partial charge in [0.2, 0.25) is 5.82 Å². The van der Waals surface area contributed by atoms with Gasteiger partial charge in [0.1, 0.15) is 6.23 Å². The molecule has 1 aromatic heterocycles. The molecular formula is C9H11FN2O3. The van der Waals surface area contributed by atoms with Crippen molar-refractivity contribution in [2.75, 3.05) is 6.61 Å². The Labute approximate surface area is 84.7 Å². The van der Waals surface area contributed by atoms with Crippen LogP contribution >= 0.6 is 0 Å². The van der Waals surface area contributed by atoms with Crippen molar-refractivity contribution in [3.05, 3.63) is 32.9 Å². The van der Waals surface area contributed by atoms with Crippen molar-refractivity contribution in [3.63, 3.8) is 0 Å². The van der Waals surface area contributed by atoms with Crippen molar-refractivity contribution in [3.8, 4) is 0 Å². The second kappa shape index (κ2) is 3.62. The molecule has 0 aromatic carbocycles. The van der Waals surface area contributed by atoms with Crippen LogP contribution in [-0.4, -0.2) is 15.7 Å². The number of aromatic nitrogens is 2. The first-order valence-electron chi connectivity index (χ1n) is 4.70. The van der Waals surface area contributed by atoms with E-state index in [1.807, 2.05) is 0 Å². The number of rotatable bonds is 1. The van der Waals surface area contributed by atoms with Crippen LogP contribution in [0.3, 0.4) is 0 Å². The van der Waals surface area contributed by atoms with Crippen LogP contribution in [0.2, 0.25) is 0 Å². The Morgan fingerprint density at radius 3 is 2.87 bits per heavy atom. The zero-order valence-electron chi connectivity index (χ0n) is 8.27. The quantitative estimate of drug-likeness (QED) is 0.661. The van der Waals surface area contributed by atoms with E-state index in [1.54, 1.807) is 0 Å². The maximum atomic E-state index is 13.1. The van der Waals surface area contributed by atoms with E-state index in [-0.39, 0.29) is 0 Å². The lowest BCUT2D eigenvalue weighted by molar-refractivity contribution is 0.0480. The number of nitrogens with zero attached hydrogens (tertiary/aromatic N) is 2. The van der Waals surface area contributed by atoms with Crippen LogP contribution in [0.1, 0.15) is 19.1 Å². The summed E-state index contributed by atoms with van der Waals surface area (Å²) in [5, 5.41) is 0. The van der Waals surface area contributed by atoms with Crippen molar-refractivity contribution in [2.45, 2.75) is 19.1 Å². The molecule has 2 rings (SSSR count). The molecule has 0 N–H and O–H groups in total. The lowest BCUT2D eigenvalue weighted by Crippen LogP contribution is -2.42. The molecule has 2 heterocycles. The average Bonchev–Trinajstić information content (AvgIpc) is 2.69. The summed E-state index contributed by atoms with van der Waals surface area (Å²) in [6.45, 7) is 0.497. The van der Waals surface area contributed by atoms with Crippen molar-refractivity contribution >= 4 is 0 Å². The summed E-state index contributed by atoms with van der Waals surface area (Å²) in [6, 6.07) is 0. The van der Waals surface area contributed by atoms with Gasteiger partial charge in [-0.05, 0) is 12.8 Å². The zero-order valence-corrected chi connectivity index (χ0v) is 8.27. The second-order valence-corrected chi connectivity index (χ2v) is 3.51. The van der Waals surface area contributed by atoms with E-state index in [9.17, 15) is 14.0 Å². The highest BCUT2D eigenvalue weighted by molar-refractivity contribution is 4.91. The van der Waals surface area contributed by atoms with Gasteiger partial charge in [-0.2, -0.15) is 4.39 Å². The van der Waals surface area contributed by atoms with Crippen molar-refractivity contribution in [2.24, 2.45) is 7.05 Å². The van der Waals surface area contributed by atoms with Gasteiger partial charge in [0.05, 0.1) is 0 Å². The van der Waals surface area contributed by atoms with Crippen LogP contribution in [0.4, 0.5) is 4.39 Å². The van der Waals surface area contributed by atoms with Crippen molar-refractivity contribution in [1.82, 2.24) is 9.13 Å². The fourth-order valence-corrected chi connectivity index (χ4v) is 1.67. The molecule has 15 heavy (non-hydrogen) atoms. The summed E-state index contributed by atoms with van der Waals surface area (Å²) >= 11 is 0. The summed E-state index contributed by atoms with van der Waals surface area (Å²) in [5.41, 5.74) is -1.46. The molecule has 6 heteroatoms. The molecule has 0 bridgehead atoms. The molecule has 1 unspecified atom stereocenters. The minimum atomic E-state index is -0.937. The van der Waals surface area contributed by atoms with E-state index in [2.05, 4.69) is 0 Å². The minimum absolute atomic E-state index is 0.497. The monoisotopic (exact) mass is 214 g/mol. The summed E-state index contributed by atoms with van der Waals surface area (Å²) in [7, 11) is 1.40. The molecule has 0 spiro atoms. The third-order valence-corrected chi connectivity index (χ3v) is 2.43. The Kier molecular flexibility index (Phi) is 2.44. The molecule has 1 atom stereocenters. The third-order valence-electron chi connectivity index (χ3n) is 2.43. The van der Waals surface area contributed by atoms with E-state index in [0.717, 1.165) is 21.8 Å². The molecule has 0 saturated carbocycles. The molecule has 1 aliphatic rings. The molecule has 82 valence electrons. The fraction of sp³-hybridized carbons (Fsp3) is 0.556. The molecule has 1 aromatic rings. The molecule has 5 nitrogen and oxygen atoms in total. The minimum Gasteiger partial charge on any atom is -0.358 e. The Morgan fingerprint density at radius 1 is 1.53 bits per heavy atom. The van der Waals surface area contributed by atoms with Gasteiger partial charge >= 0.3 is 5.69 Å².